The molecule has 0 radical (unpaired) electrons. The van der Waals surface area contributed by atoms with Gasteiger partial charge in [0.1, 0.15) is 0 Å². The minimum absolute atomic E-state index is 0.515. The summed E-state index contributed by atoms with van der Waals surface area (Å²) in [6.07, 6.45) is 4.98. The number of likely N-dealkylation sites (N-methyl/N-ethyl adjacent to an activating group) is 1. The average molecular weight is 222 g/mol. The van der Waals surface area contributed by atoms with E-state index in [-0.39, 0.29) is 0 Å². The Balaban J connectivity index is 2.82. The van der Waals surface area contributed by atoms with E-state index in [1.165, 1.54) is 18.5 Å². The van der Waals surface area contributed by atoms with Crippen LogP contribution in [-0.4, -0.2) is 35.5 Å². The lowest BCUT2D eigenvalue weighted by Gasteiger charge is -2.30. The zero-order valence-corrected chi connectivity index (χ0v) is 11.5. The summed E-state index contributed by atoms with van der Waals surface area (Å²) in [5, 5.41) is 0. The highest BCUT2D eigenvalue weighted by Gasteiger charge is 2.26. The summed E-state index contributed by atoms with van der Waals surface area (Å²) in [6.45, 7) is 13.9. The fourth-order valence-corrected chi connectivity index (χ4v) is 1.80. The largest absolute Gasteiger partial charge is 0.373 e. The first-order chi connectivity index (χ1) is 7.47. The van der Waals surface area contributed by atoms with Crippen LogP contribution in [0.2, 0.25) is 0 Å². The Kier molecular flexibility index (Phi) is 4.45. The molecule has 1 aliphatic rings. The third-order valence-electron chi connectivity index (χ3n) is 3.26. The van der Waals surface area contributed by atoms with Gasteiger partial charge in [-0.2, -0.15) is 0 Å². The third kappa shape index (κ3) is 3.29. The van der Waals surface area contributed by atoms with Crippen molar-refractivity contribution in [2.24, 2.45) is 0 Å². The van der Waals surface area contributed by atoms with E-state index >= 15 is 0 Å². The van der Waals surface area contributed by atoms with E-state index in [0.29, 0.717) is 6.04 Å². The van der Waals surface area contributed by atoms with Crippen LogP contribution in [-0.2, 0) is 0 Å². The molecule has 0 aliphatic heterocycles. The molecule has 1 saturated carbocycles. The van der Waals surface area contributed by atoms with Crippen molar-refractivity contribution in [2.45, 2.75) is 52.6 Å². The number of rotatable bonds is 6. The second-order valence-corrected chi connectivity index (χ2v) is 5.06. The normalized spacial score (nSPS) is 16.5. The highest BCUT2D eigenvalue weighted by Crippen LogP contribution is 2.28. The van der Waals surface area contributed by atoms with Crippen LogP contribution in [0.1, 0.15) is 40.5 Å². The van der Waals surface area contributed by atoms with Gasteiger partial charge in [0.2, 0.25) is 0 Å². The number of hydrogen-bond donors (Lipinski definition) is 0. The molecule has 0 N–H and O–H groups in total. The van der Waals surface area contributed by atoms with Gasteiger partial charge in [-0.25, -0.2) is 0 Å². The molecule has 0 aromatic heterocycles. The molecule has 0 bridgehead atoms. The molecule has 16 heavy (non-hydrogen) atoms. The van der Waals surface area contributed by atoms with Crippen LogP contribution >= 0.6 is 0 Å². The first-order valence-electron chi connectivity index (χ1n) is 6.33. The molecule has 2 heteroatoms. The quantitative estimate of drug-likeness (QED) is 0.637. The van der Waals surface area contributed by atoms with E-state index in [2.05, 4.69) is 57.3 Å². The van der Waals surface area contributed by atoms with Crippen molar-refractivity contribution in [1.82, 2.24) is 9.80 Å². The van der Waals surface area contributed by atoms with E-state index in [4.69, 9.17) is 0 Å². The van der Waals surface area contributed by atoms with Crippen LogP contribution in [0.4, 0.5) is 0 Å². The Morgan fingerprint density at radius 2 is 2.00 bits per heavy atom. The molecule has 92 valence electrons. The first-order valence-corrected chi connectivity index (χ1v) is 6.33. The summed E-state index contributed by atoms with van der Waals surface area (Å²) in [5.41, 5.74) is 2.42. The molecule has 0 atom stereocenters. The first kappa shape index (κ1) is 13.1. The van der Waals surface area contributed by atoms with Crippen LogP contribution in [0.15, 0.2) is 24.0 Å². The lowest BCUT2D eigenvalue weighted by Crippen LogP contribution is -2.29. The topological polar surface area (TPSA) is 6.48 Å². The summed E-state index contributed by atoms with van der Waals surface area (Å²) >= 11 is 0. The van der Waals surface area contributed by atoms with Crippen molar-refractivity contribution in [1.29, 1.82) is 0 Å². The fraction of sp³-hybridized carbons (Fsp3) is 0.714. The van der Waals surface area contributed by atoms with E-state index in [0.717, 1.165) is 18.2 Å². The standard InChI is InChI=1S/C14H26N2/c1-7-16(13-8-9-13)10-14(11(2)3)15(6)12(4)5/h10,12-13H,2,7-9H2,1,3-6H3/b14-10-. The Bertz CT molecular complexity index is 274. The van der Waals surface area contributed by atoms with Crippen molar-refractivity contribution < 1.29 is 0 Å². The van der Waals surface area contributed by atoms with Crippen LogP contribution in [0, 0.1) is 0 Å². The molecule has 0 saturated heterocycles. The van der Waals surface area contributed by atoms with E-state index in [1.54, 1.807) is 0 Å². The minimum Gasteiger partial charge on any atom is -0.373 e. The summed E-state index contributed by atoms with van der Waals surface area (Å²) in [7, 11) is 2.14. The molecular formula is C14H26N2. The highest BCUT2D eigenvalue weighted by atomic mass is 15.2. The third-order valence-corrected chi connectivity index (χ3v) is 3.26. The number of nitrogens with zero attached hydrogens (tertiary/aromatic N) is 2. The van der Waals surface area contributed by atoms with Crippen molar-refractivity contribution in [3.8, 4) is 0 Å². The molecule has 0 aromatic rings. The molecule has 0 amide bonds. The maximum atomic E-state index is 4.09. The van der Waals surface area contributed by atoms with Gasteiger partial charge in [-0.3, -0.25) is 0 Å². The Labute approximate surface area is 101 Å². The monoisotopic (exact) mass is 222 g/mol. The summed E-state index contributed by atoms with van der Waals surface area (Å²) < 4.78 is 0. The average Bonchev–Trinajstić information content (AvgIpc) is 3.01. The van der Waals surface area contributed by atoms with E-state index in [1.807, 2.05) is 0 Å². The summed E-state index contributed by atoms with van der Waals surface area (Å²) in [6, 6.07) is 1.29. The maximum absolute atomic E-state index is 4.09. The molecule has 0 unspecified atom stereocenters. The summed E-state index contributed by atoms with van der Waals surface area (Å²) in [5.74, 6) is 0. The van der Waals surface area contributed by atoms with E-state index in [9.17, 15) is 0 Å². The molecule has 1 rings (SSSR count). The second-order valence-electron chi connectivity index (χ2n) is 5.06. The van der Waals surface area contributed by atoms with Crippen LogP contribution in [0.3, 0.4) is 0 Å². The molecule has 0 heterocycles. The molecular weight excluding hydrogens is 196 g/mol. The summed E-state index contributed by atoms with van der Waals surface area (Å²) in [4.78, 5) is 4.75. The van der Waals surface area contributed by atoms with Crippen molar-refractivity contribution >= 4 is 0 Å². The highest BCUT2D eigenvalue weighted by molar-refractivity contribution is 5.25. The van der Waals surface area contributed by atoms with Crippen molar-refractivity contribution in [2.75, 3.05) is 13.6 Å². The van der Waals surface area contributed by atoms with Gasteiger partial charge in [0.25, 0.3) is 0 Å². The number of hydrogen-bond acceptors (Lipinski definition) is 2. The van der Waals surface area contributed by atoms with E-state index < -0.39 is 0 Å². The van der Waals surface area contributed by atoms with Gasteiger partial charge in [0.15, 0.2) is 0 Å². The van der Waals surface area contributed by atoms with Gasteiger partial charge >= 0.3 is 0 Å². The van der Waals surface area contributed by atoms with Crippen LogP contribution < -0.4 is 0 Å². The minimum atomic E-state index is 0.515. The van der Waals surface area contributed by atoms with Gasteiger partial charge in [-0.05, 0) is 46.1 Å². The SMILES string of the molecule is C=C(C)/C(=C/N(CC)C1CC1)N(C)C(C)C. The van der Waals surface area contributed by atoms with Crippen LogP contribution in [0.5, 0.6) is 0 Å². The Morgan fingerprint density at radius 1 is 1.44 bits per heavy atom. The van der Waals surface area contributed by atoms with Gasteiger partial charge < -0.3 is 9.80 Å². The van der Waals surface area contributed by atoms with Gasteiger partial charge in [0, 0.05) is 31.9 Å². The lowest BCUT2D eigenvalue weighted by atomic mass is 10.2. The predicted octanol–water partition coefficient (Wildman–Crippen LogP) is 3.23. The Morgan fingerprint density at radius 3 is 2.31 bits per heavy atom. The second kappa shape index (κ2) is 5.42. The van der Waals surface area contributed by atoms with Crippen LogP contribution in [0.25, 0.3) is 0 Å². The maximum Gasteiger partial charge on any atom is 0.0551 e. The van der Waals surface area contributed by atoms with Crippen molar-refractivity contribution in [3.05, 3.63) is 24.0 Å². The fourth-order valence-electron chi connectivity index (χ4n) is 1.80. The molecule has 1 fully saturated rings. The lowest BCUT2D eigenvalue weighted by molar-refractivity contribution is 0.322. The Hall–Kier alpha value is -0.920. The molecule has 0 spiro atoms. The molecule has 2 nitrogen and oxygen atoms in total. The van der Waals surface area contributed by atoms with Gasteiger partial charge in [-0.1, -0.05) is 6.58 Å². The molecule has 0 aromatic carbocycles. The smallest absolute Gasteiger partial charge is 0.0551 e. The zero-order valence-electron chi connectivity index (χ0n) is 11.5. The zero-order chi connectivity index (χ0) is 12.3. The predicted molar refractivity (Wildman–Crippen MR) is 71.2 cm³/mol. The van der Waals surface area contributed by atoms with Crippen molar-refractivity contribution in [3.63, 3.8) is 0 Å². The molecule has 1 aliphatic carbocycles. The van der Waals surface area contributed by atoms with Gasteiger partial charge in [0.05, 0.1) is 5.70 Å². The number of allylic oxidation sites excluding steroid dienone is 1. The van der Waals surface area contributed by atoms with Gasteiger partial charge in [-0.15, -0.1) is 0 Å².